The second kappa shape index (κ2) is 6.97. The van der Waals surface area contributed by atoms with Gasteiger partial charge in [0.15, 0.2) is 0 Å². The maximum absolute atomic E-state index is 11.4. The molecule has 0 bridgehead atoms. The normalized spacial score (nSPS) is 10.2. The van der Waals surface area contributed by atoms with Gasteiger partial charge in [-0.05, 0) is 30.3 Å². The van der Waals surface area contributed by atoms with Crippen molar-refractivity contribution in [2.75, 3.05) is 0 Å². The number of amides is 2. The standard InChI is InChI=1S/C15H12ClN3O5/c16-10-3-4-13(11(6-10)15(18)21)24-7-9-2-1-8(14(17)20)5-12(9)19(22)23/h1-6H,7H2,(H2,17,20)(H2,18,21). The highest BCUT2D eigenvalue weighted by atomic mass is 35.5. The largest absolute Gasteiger partial charge is 0.488 e. The van der Waals surface area contributed by atoms with Crippen molar-refractivity contribution in [2.24, 2.45) is 11.5 Å². The maximum Gasteiger partial charge on any atom is 0.276 e. The van der Waals surface area contributed by atoms with Gasteiger partial charge in [-0.3, -0.25) is 19.7 Å². The monoisotopic (exact) mass is 349 g/mol. The van der Waals surface area contributed by atoms with Crippen LogP contribution in [0.25, 0.3) is 0 Å². The van der Waals surface area contributed by atoms with Gasteiger partial charge in [-0.1, -0.05) is 11.6 Å². The van der Waals surface area contributed by atoms with E-state index in [4.69, 9.17) is 27.8 Å². The van der Waals surface area contributed by atoms with Gasteiger partial charge in [0.1, 0.15) is 12.4 Å². The Morgan fingerprint density at radius 3 is 2.42 bits per heavy atom. The van der Waals surface area contributed by atoms with Gasteiger partial charge in [0.25, 0.3) is 11.6 Å². The number of halogens is 1. The number of hydrogen-bond donors (Lipinski definition) is 2. The van der Waals surface area contributed by atoms with Crippen LogP contribution in [-0.4, -0.2) is 16.7 Å². The number of nitrogens with zero attached hydrogens (tertiary/aromatic N) is 1. The fraction of sp³-hybridized carbons (Fsp3) is 0.0667. The molecule has 0 fully saturated rings. The van der Waals surface area contributed by atoms with E-state index >= 15 is 0 Å². The van der Waals surface area contributed by atoms with Crippen LogP contribution >= 0.6 is 11.6 Å². The number of primary amides is 2. The molecule has 2 amide bonds. The lowest BCUT2D eigenvalue weighted by Crippen LogP contribution is -2.14. The van der Waals surface area contributed by atoms with Gasteiger partial charge in [0.05, 0.1) is 16.1 Å². The molecule has 0 aliphatic rings. The number of nitrogens with two attached hydrogens (primary N) is 2. The minimum atomic E-state index is -0.778. The fourth-order valence-electron chi connectivity index (χ4n) is 1.99. The Bertz CT molecular complexity index is 838. The van der Waals surface area contributed by atoms with Gasteiger partial charge in [-0.15, -0.1) is 0 Å². The molecule has 2 aromatic carbocycles. The number of hydrogen-bond acceptors (Lipinski definition) is 5. The zero-order chi connectivity index (χ0) is 17.9. The van der Waals surface area contributed by atoms with E-state index in [0.717, 1.165) is 6.07 Å². The molecule has 8 nitrogen and oxygen atoms in total. The van der Waals surface area contributed by atoms with Gasteiger partial charge in [0, 0.05) is 16.7 Å². The van der Waals surface area contributed by atoms with Crippen LogP contribution in [0, 0.1) is 10.1 Å². The van der Waals surface area contributed by atoms with Crippen molar-refractivity contribution in [2.45, 2.75) is 6.61 Å². The topological polar surface area (TPSA) is 139 Å². The van der Waals surface area contributed by atoms with Crippen LogP contribution in [0.2, 0.25) is 5.02 Å². The Morgan fingerprint density at radius 1 is 1.12 bits per heavy atom. The second-order valence-corrected chi connectivity index (χ2v) is 5.19. The molecule has 2 rings (SSSR count). The van der Waals surface area contributed by atoms with E-state index < -0.39 is 16.7 Å². The first-order valence-corrected chi connectivity index (χ1v) is 6.96. The van der Waals surface area contributed by atoms with Gasteiger partial charge in [0.2, 0.25) is 5.91 Å². The van der Waals surface area contributed by atoms with Crippen LogP contribution in [0.15, 0.2) is 36.4 Å². The Kier molecular flexibility index (Phi) is 5.00. The van der Waals surface area contributed by atoms with Crippen molar-refractivity contribution in [3.63, 3.8) is 0 Å². The highest BCUT2D eigenvalue weighted by Gasteiger charge is 2.18. The number of rotatable bonds is 6. The van der Waals surface area contributed by atoms with Crippen molar-refractivity contribution in [3.8, 4) is 5.75 Å². The molecule has 4 N–H and O–H groups in total. The number of benzene rings is 2. The number of carbonyl (C=O) groups is 2. The molecule has 0 radical (unpaired) electrons. The van der Waals surface area contributed by atoms with Crippen LogP contribution in [0.1, 0.15) is 26.3 Å². The van der Waals surface area contributed by atoms with E-state index in [1.54, 1.807) is 0 Å². The summed E-state index contributed by atoms with van der Waals surface area (Å²) in [6, 6.07) is 8.05. The first kappa shape index (κ1) is 17.2. The summed E-state index contributed by atoms with van der Waals surface area (Å²) in [5, 5.41) is 11.4. The molecule has 0 atom stereocenters. The quantitative estimate of drug-likeness (QED) is 0.606. The maximum atomic E-state index is 11.4. The molecule has 0 unspecified atom stereocenters. The number of carbonyl (C=O) groups excluding carboxylic acids is 2. The van der Waals surface area contributed by atoms with Crippen molar-refractivity contribution in [1.29, 1.82) is 0 Å². The molecule has 0 aliphatic carbocycles. The molecule has 24 heavy (non-hydrogen) atoms. The van der Waals surface area contributed by atoms with Crippen molar-refractivity contribution < 1.29 is 19.2 Å². The highest BCUT2D eigenvalue weighted by molar-refractivity contribution is 6.31. The Labute approximate surface area is 141 Å². The molecule has 2 aromatic rings. The minimum absolute atomic E-state index is 0.00904. The van der Waals surface area contributed by atoms with Gasteiger partial charge in [-0.2, -0.15) is 0 Å². The SMILES string of the molecule is NC(=O)c1ccc(COc2ccc(Cl)cc2C(N)=O)c([N+](=O)[O-])c1. The molecule has 0 heterocycles. The summed E-state index contributed by atoms with van der Waals surface area (Å²) in [6.45, 7) is -0.211. The van der Waals surface area contributed by atoms with Gasteiger partial charge >= 0.3 is 0 Å². The van der Waals surface area contributed by atoms with E-state index in [9.17, 15) is 19.7 Å². The summed E-state index contributed by atoms with van der Waals surface area (Å²) in [5.41, 5.74) is 10.3. The summed E-state index contributed by atoms with van der Waals surface area (Å²) in [4.78, 5) is 33.0. The third-order valence-electron chi connectivity index (χ3n) is 3.16. The van der Waals surface area contributed by atoms with E-state index in [2.05, 4.69) is 0 Å². The average molecular weight is 350 g/mol. The molecule has 124 valence electrons. The first-order valence-electron chi connectivity index (χ1n) is 6.59. The van der Waals surface area contributed by atoms with Gasteiger partial charge < -0.3 is 16.2 Å². The summed E-state index contributed by atoms with van der Waals surface area (Å²) >= 11 is 5.80. The summed E-state index contributed by atoms with van der Waals surface area (Å²) in [5.74, 6) is -1.38. The molecule has 0 saturated carbocycles. The number of nitro benzene ring substituents is 1. The summed E-state index contributed by atoms with van der Waals surface area (Å²) in [6.07, 6.45) is 0. The van der Waals surface area contributed by atoms with Crippen LogP contribution in [0.4, 0.5) is 5.69 Å². The van der Waals surface area contributed by atoms with Crippen molar-refractivity contribution in [3.05, 3.63) is 68.2 Å². The number of nitro groups is 1. The van der Waals surface area contributed by atoms with Crippen LogP contribution < -0.4 is 16.2 Å². The zero-order valence-corrected chi connectivity index (χ0v) is 12.9. The third kappa shape index (κ3) is 3.79. The van der Waals surface area contributed by atoms with Crippen LogP contribution in [0.5, 0.6) is 5.75 Å². The fourth-order valence-corrected chi connectivity index (χ4v) is 2.16. The molecule has 0 aromatic heterocycles. The summed E-state index contributed by atoms with van der Waals surface area (Å²) in [7, 11) is 0. The zero-order valence-electron chi connectivity index (χ0n) is 12.2. The molecule has 9 heteroatoms. The predicted molar refractivity (Wildman–Crippen MR) is 85.9 cm³/mol. The molecule has 0 spiro atoms. The molecular weight excluding hydrogens is 338 g/mol. The number of ether oxygens (including phenoxy) is 1. The predicted octanol–water partition coefficient (Wildman–Crippen LogP) is 2.03. The Morgan fingerprint density at radius 2 is 1.83 bits per heavy atom. The van der Waals surface area contributed by atoms with Gasteiger partial charge in [-0.25, -0.2) is 0 Å². The van der Waals surface area contributed by atoms with E-state index in [1.807, 2.05) is 0 Å². The first-order chi connectivity index (χ1) is 11.3. The van der Waals surface area contributed by atoms with Crippen LogP contribution in [-0.2, 0) is 6.61 Å². The summed E-state index contributed by atoms with van der Waals surface area (Å²) < 4.78 is 5.45. The van der Waals surface area contributed by atoms with Crippen LogP contribution in [0.3, 0.4) is 0 Å². The third-order valence-corrected chi connectivity index (χ3v) is 3.39. The van der Waals surface area contributed by atoms with E-state index in [0.29, 0.717) is 5.02 Å². The van der Waals surface area contributed by atoms with Crippen molar-refractivity contribution in [1.82, 2.24) is 0 Å². The van der Waals surface area contributed by atoms with E-state index in [1.165, 1.54) is 30.3 Å². The minimum Gasteiger partial charge on any atom is -0.488 e. The van der Waals surface area contributed by atoms with E-state index in [-0.39, 0.29) is 34.7 Å². The molecule has 0 aliphatic heterocycles. The molecule has 0 saturated heterocycles. The Hall–Kier alpha value is -3.13. The average Bonchev–Trinajstić information content (AvgIpc) is 2.53. The second-order valence-electron chi connectivity index (χ2n) is 4.76. The van der Waals surface area contributed by atoms with Crippen molar-refractivity contribution >= 4 is 29.1 Å². The smallest absolute Gasteiger partial charge is 0.276 e. The lowest BCUT2D eigenvalue weighted by atomic mass is 10.1. The lowest BCUT2D eigenvalue weighted by Gasteiger charge is -2.10. The Balaban J connectivity index is 2.31. The highest BCUT2D eigenvalue weighted by Crippen LogP contribution is 2.26. The molecular formula is C15H12ClN3O5. The lowest BCUT2D eigenvalue weighted by molar-refractivity contribution is -0.385.